The quantitative estimate of drug-likeness (QED) is 0.209. The van der Waals surface area contributed by atoms with Crippen LogP contribution in [0.4, 0.5) is 24.7 Å². The Hall–Kier alpha value is -2.98. The zero-order valence-corrected chi connectivity index (χ0v) is 22.2. The molecular weight excluding hydrogens is 535 g/mol. The lowest BCUT2D eigenvalue weighted by Crippen LogP contribution is -2.48. The molecule has 0 spiro atoms. The van der Waals surface area contributed by atoms with Crippen LogP contribution in [0.3, 0.4) is 0 Å². The molecule has 0 N–H and O–H groups in total. The number of alkyl halides is 3. The van der Waals surface area contributed by atoms with Crippen molar-refractivity contribution in [3.63, 3.8) is 0 Å². The Labute approximate surface area is 228 Å². The number of thioether (sulfide) groups is 1. The third-order valence-electron chi connectivity index (χ3n) is 6.77. The molecule has 3 heterocycles. The van der Waals surface area contributed by atoms with E-state index in [0.717, 1.165) is 49.4 Å². The molecule has 2 aliphatic rings. The molecule has 3 aromatic rings. The van der Waals surface area contributed by atoms with Crippen molar-refractivity contribution in [3.05, 3.63) is 76.4 Å². The smallest absolute Gasteiger partial charge is 0.368 e. The first-order chi connectivity index (χ1) is 18.3. The molecule has 5 rings (SSSR count). The van der Waals surface area contributed by atoms with Crippen LogP contribution in [-0.4, -0.2) is 60.0 Å². The Morgan fingerprint density at radius 1 is 0.895 bits per heavy atom. The summed E-state index contributed by atoms with van der Waals surface area (Å²) in [4.78, 5) is 27.9. The van der Waals surface area contributed by atoms with Crippen molar-refractivity contribution in [2.75, 3.05) is 49.1 Å². The predicted molar refractivity (Wildman–Crippen MR) is 144 cm³/mol. The summed E-state index contributed by atoms with van der Waals surface area (Å²) >= 11 is 7.73. The minimum atomic E-state index is -4.38. The van der Waals surface area contributed by atoms with Gasteiger partial charge in [0.15, 0.2) is 5.16 Å². The second kappa shape index (κ2) is 11.4. The summed E-state index contributed by atoms with van der Waals surface area (Å²) in [6.45, 7) is 3.79. The van der Waals surface area contributed by atoms with Crippen LogP contribution in [0.5, 0.6) is 0 Å². The van der Waals surface area contributed by atoms with Gasteiger partial charge >= 0.3 is 6.18 Å². The molecule has 2 fully saturated rings. The second-order valence-corrected chi connectivity index (χ2v) is 10.7. The SMILES string of the molecule is O=C(c1ccc(CSc2nc(Cl)cc(N3CCCC3)n2)cc1)N1CCN(c2cccc(C(F)(F)F)c2)CC1. The topological polar surface area (TPSA) is 52.6 Å². The first-order valence-corrected chi connectivity index (χ1v) is 13.9. The number of aromatic nitrogens is 2. The molecule has 0 radical (unpaired) electrons. The van der Waals surface area contributed by atoms with E-state index in [1.807, 2.05) is 29.2 Å². The van der Waals surface area contributed by atoms with Gasteiger partial charge in [-0.1, -0.05) is 41.6 Å². The van der Waals surface area contributed by atoms with Gasteiger partial charge in [-0.15, -0.1) is 0 Å². The zero-order valence-electron chi connectivity index (χ0n) is 20.6. The van der Waals surface area contributed by atoms with Crippen LogP contribution in [0.2, 0.25) is 5.15 Å². The Morgan fingerprint density at radius 3 is 2.29 bits per heavy atom. The summed E-state index contributed by atoms with van der Waals surface area (Å²) in [5, 5.41) is 1.05. The fourth-order valence-electron chi connectivity index (χ4n) is 4.68. The molecule has 200 valence electrons. The van der Waals surface area contributed by atoms with E-state index in [4.69, 9.17) is 11.6 Å². The molecule has 1 amide bonds. The number of carbonyl (C=O) groups excluding carboxylic acids is 1. The molecule has 0 aliphatic carbocycles. The molecule has 2 aromatic carbocycles. The molecule has 2 aliphatic heterocycles. The van der Waals surface area contributed by atoms with Crippen molar-refractivity contribution in [3.8, 4) is 0 Å². The van der Waals surface area contributed by atoms with Gasteiger partial charge in [0.2, 0.25) is 0 Å². The van der Waals surface area contributed by atoms with Crippen LogP contribution in [0.1, 0.15) is 34.3 Å². The van der Waals surface area contributed by atoms with E-state index in [0.29, 0.717) is 53.5 Å². The minimum absolute atomic E-state index is 0.0821. The van der Waals surface area contributed by atoms with E-state index in [1.54, 1.807) is 17.0 Å². The molecule has 11 heteroatoms. The maximum absolute atomic E-state index is 13.1. The maximum atomic E-state index is 13.1. The van der Waals surface area contributed by atoms with Gasteiger partial charge in [-0.2, -0.15) is 13.2 Å². The first kappa shape index (κ1) is 26.6. The summed E-state index contributed by atoms with van der Waals surface area (Å²) in [6.07, 6.45) is -2.07. The highest BCUT2D eigenvalue weighted by Gasteiger charge is 2.31. The van der Waals surface area contributed by atoms with Gasteiger partial charge in [0.1, 0.15) is 11.0 Å². The van der Waals surface area contributed by atoms with Crippen LogP contribution in [0, 0.1) is 0 Å². The number of hydrogen-bond acceptors (Lipinski definition) is 6. The number of anilines is 2. The molecule has 2 saturated heterocycles. The maximum Gasteiger partial charge on any atom is 0.416 e. The highest BCUT2D eigenvalue weighted by Crippen LogP contribution is 2.32. The lowest BCUT2D eigenvalue weighted by molar-refractivity contribution is -0.137. The van der Waals surface area contributed by atoms with Gasteiger partial charge in [-0.05, 0) is 48.7 Å². The van der Waals surface area contributed by atoms with E-state index in [2.05, 4.69) is 14.9 Å². The lowest BCUT2D eigenvalue weighted by Gasteiger charge is -2.36. The van der Waals surface area contributed by atoms with Gasteiger partial charge in [-0.3, -0.25) is 4.79 Å². The van der Waals surface area contributed by atoms with E-state index in [1.165, 1.54) is 17.8 Å². The summed E-state index contributed by atoms with van der Waals surface area (Å²) in [6, 6.07) is 14.6. The number of benzene rings is 2. The molecule has 1 aromatic heterocycles. The van der Waals surface area contributed by atoms with Crippen molar-refractivity contribution in [2.45, 2.75) is 29.9 Å². The average Bonchev–Trinajstić information content (AvgIpc) is 3.47. The van der Waals surface area contributed by atoms with E-state index in [9.17, 15) is 18.0 Å². The van der Waals surface area contributed by atoms with E-state index < -0.39 is 11.7 Å². The molecule has 38 heavy (non-hydrogen) atoms. The molecular formula is C27H27ClF3N5OS. The Morgan fingerprint density at radius 2 is 1.61 bits per heavy atom. The standard InChI is InChI=1S/C27H27ClF3N5OS/c28-23-17-24(35-10-1-2-11-35)33-26(32-23)38-18-19-6-8-20(9-7-19)25(37)36-14-12-34(13-15-36)22-5-3-4-21(16-22)27(29,30)31/h3-9,16-17H,1-2,10-15,18H2. The summed E-state index contributed by atoms with van der Waals surface area (Å²) < 4.78 is 39.2. The number of nitrogens with zero attached hydrogens (tertiary/aromatic N) is 5. The van der Waals surface area contributed by atoms with E-state index >= 15 is 0 Å². The summed E-state index contributed by atoms with van der Waals surface area (Å²) in [5.74, 6) is 1.42. The van der Waals surface area contributed by atoms with Crippen LogP contribution in [-0.2, 0) is 11.9 Å². The Kier molecular flexibility index (Phi) is 7.99. The van der Waals surface area contributed by atoms with Gasteiger partial charge in [-0.25, -0.2) is 9.97 Å². The molecule has 0 atom stereocenters. The monoisotopic (exact) mass is 561 g/mol. The van der Waals surface area contributed by atoms with Crippen molar-refractivity contribution in [1.29, 1.82) is 0 Å². The number of piperazine rings is 1. The van der Waals surface area contributed by atoms with Gasteiger partial charge in [0.25, 0.3) is 5.91 Å². The van der Waals surface area contributed by atoms with E-state index in [-0.39, 0.29) is 5.91 Å². The number of rotatable bonds is 6. The van der Waals surface area contributed by atoms with Crippen molar-refractivity contribution in [2.24, 2.45) is 0 Å². The third-order valence-corrected chi connectivity index (χ3v) is 7.88. The predicted octanol–water partition coefficient (Wildman–Crippen LogP) is 6.00. The fourth-order valence-corrected chi connectivity index (χ4v) is 5.72. The number of halogens is 4. The highest BCUT2D eigenvalue weighted by molar-refractivity contribution is 7.98. The lowest BCUT2D eigenvalue weighted by atomic mass is 10.1. The van der Waals surface area contributed by atoms with Crippen LogP contribution < -0.4 is 9.80 Å². The largest absolute Gasteiger partial charge is 0.416 e. The molecule has 0 saturated carbocycles. The van der Waals surface area contributed by atoms with Crippen LogP contribution in [0.25, 0.3) is 0 Å². The average molecular weight is 562 g/mol. The number of carbonyl (C=O) groups is 1. The van der Waals surface area contributed by atoms with Crippen molar-refractivity contribution >= 4 is 40.8 Å². The molecule has 0 unspecified atom stereocenters. The first-order valence-electron chi connectivity index (χ1n) is 12.5. The van der Waals surface area contributed by atoms with Gasteiger partial charge in [0, 0.05) is 62.3 Å². The van der Waals surface area contributed by atoms with Gasteiger partial charge < -0.3 is 14.7 Å². The second-order valence-electron chi connectivity index (χ2n) is 9.34. The zero-order chi connectivity index (χ0) is 26.7. The third kappa shape index (κ3) is 6.35. The van der Waals surface area contributed by atoms with Crippen LogP contribution >= 0.6 is 23.4 Å². The normalized spacial score (nSPS) is 16.3. The van der Waals surface area contributed by atoms with Crippen molar-refractivity contribution in [1.82, 2.24) is 14.9 Å². The Balaban J connectivity index is 1.15. The highest BCUT2D eigenvalue weighted by atomic mass is 35.5. The molecule has 6 nitrogen and oxygen atoms in total. The Bertz CT molecular complexity index is 1280. The summed E-state index contributed by atoms with van der Waals surface area (Å²) in [7, 11) is 0. The fraction of sp³-hybridized carbons (Fsp3) is 0.370. The molecule has 0 bridgehead atoms. The van der Waals surface area contributed by atoms with Gasteiger partial charge in [0.05, 0.1) is 5.56 Å². The van der Waals surface area contributed by atoms with Crippen molar-refractivity contribution < 1.29 is 18.0 Å². The minimum Gasteiger partial charge on any atom is -0.368 e. The van der Waals surface area contributed by atoms with Crippen LogP contribution in [0.15, 0.2) is 59.8 Å². The number of hydrogen-bond donors (Lipinski definition) is 0. The summed E-state index contributed by atoms with van der Waals surface area (Å²) in [5.41, 5.74) is 1.47. The number of amides is 1.